The van der Waals surface area contributed by atoms with Crippen molar-refractivity contribution in [3.63, 3.8) is 0 Å². The van der Waals surface area contributed by atoms with Crippen molar-refractivity contribution in [1.29, 1.82) is 5.26 Å². The molecule has 4 aromatic carbocycles. The molecule has 0 aliphatic heterocycles. The molecule has 0 saturated carbocycles. The number of carboxylic acids is 1. The third-order valence-corrected chi connectivity index (χ3v) is 5.58. The monoisotopic (exact) mass is 476 g/mol. The first kappa shape index (κ1) is 25.9. The number of nitrogens with one attached hydrogen (secondary N) is 1. The molecular formula is C31H28N2O3. The maximum Gasteiger partial charge on any atom is 0.336 e. The highest BCUT2D eigenvalue weighted by atomic mass is 16.4. The van der Waals surface area contributed by atoms with Crippen molar-refractivity contribution in [2.24, 2.45) is 0 Å². The number of carbonyl (C=O) groups excluding carboxylic acids is 1. The third kappa shape index (κ3) is 6.91. The van der Waals surface area contributed by atoms with Crippen LogP contribution in [-0.4, -0.2) is 23.5 Å². The first-order valence-corrected chi connectivity index (χ1v) is 11.6. The van der Waals surface area contributed by atoms with Gasteiger partial charge in [-0.2, -0.15) is 5.26 Å². The lowest BCUT2D eigenvalue weighted by atomic mass is 9.98. The fourth-order valence-corrected chi connectivity index (χ4v) is 3.65. The highest BCUT2D eigenvalue weighted by molar-refractivity contribution is 6.01. The van der Waals surface area contributed by atoms with Gasteiger partial charge in [0.25, 0.3) is 5.91 Å². The van der Waals surface area contributed by atoms with Gasteiger partial charge in [-0.25, -0.2) is 4.79 Å². The summed E-state index contributed by atoms with van der Waals surface area (Å²) in [5.74, 6) is -1.03. The molecule has 0 bridgehead atoms. The Morgan fingerprint density at radius 3 is 1.64 bits per heavy atom. The fraction of sp³-hybridized carbons (Fsp3) is 0.129. The van der Waals surface area contributed by atoms with Crippen LogP contribution in [0.25, 0.3) is 22.3 Å². The van der Waals surface area contributed by atoms with E-state index in [1.165, 1.54) is 5.56 Å². The van der Waals surface area contributed by atoms with E-state index in [4.69, 9.17) is 10.4 Å². The minimum Gasteiger partial charge on any atom is -0.478 e. The number of carboxylic acid groups (broad SMARTS) is 1. The zero-order valence-corrected chi connectivity index (χ0v) is 20.4. The van der Waals surface area contributed by atoms with E-state index in [-0.39, 0.29) is 5.91 Å². The van der Waals surface area contributed by atoms with E-state index in [1.54, 1.807) is 18.2 Å². The Balaban J connectivity index is 0.000000205. The van der Waals surface area contributed by atoms with Crippen LogP contribution in [0, 0.1) is 25.2 Å². The van der Waals surface area contributed by atoms with E-state index in [0.29, 0.717) is 24.1 Å². The standard InChI is InChI=1S/C17H16N2O.C14H12O2/c1-13-7-9-14(10-8-13)15-5-2-3-6-16(15)17(20)19-12-4-11-18;1-10-6-8-11(9-7-10)12-4-2-3-5-13(12)14(15)16/h2-3,5-10H,4,12H2,1H3,(H,19,20);2-9H,1H3,(H,15,16). The van der Waals surface area contributed by atoms with Gasteiger partial charge in [-0.3, -0.25) is 4.79 Å². The minimum absolute atomic E-state index is 0.142. The van der Waals surface area contributed by atoms with Crippen LogP contribution in [0.3, 0.4) is 0 Å². The van der Waals surface area contributed by atoms with Gasteiger partial charge in [-0.15, -0.1) is 0 Å². The van der Waals surface area contributed by atoms with Crippen molar-refractivity contribution in [2.45, 2.75) is 20.3 Å². The SMILES string of the molecule is Cc1ccc(-c2ccccc2C(=O)NCCC#N)cc1.Cc1ccc(-c2ccccc2C(=O)O)cc1. The summed E-state index contributed by atoms with van der Waals surface area (Å²) in [6.45, 7) is 4.41. The quantitative estimate of drug-likeness (QED) is 0.304. The van der Waals surface area contributed by atoms with Gasteiger partial charge in [0.2, 0.25) is 0 Å². The molecule has 2 N–H and O–H groups in total. The van der Waals surface area contributed by atoms with Crippen molar-refractivity contribution in [2.75, 3.05) is 6.54 Å². The first-order chi connectivity index (χ1) is 17.4. The Morgan fingerprint density at radius 2 is 1.17 bits per heavy atom. The van der Waals surface area contributed by atoms with Crippen LogP contribution in [0.1, 0.15) is 38.3 Å². The van der Waals surface area contributed by atoms with Gasteiger partial charge in [0, 0.05) is 12.1 Å². The Hall–Kier alpha value is -4.69. The van der Waals surface area contributed by atoms with Crippen LogP contribution >= 0.6 is 0 Å². The van der Waals surface area contributed by atoms with Gasteiger partial charge >= 0.3 is 5.97 Å². The van der Waals surface area contributed by atoms with Gasteiger partial charge in [0.05, 0.1) is 18.1 Å². The number of aromatic carboxylic acids is 1. The molecule has 180 valence electrons. The van der Waals surface area contributed by atoms with Crippen molar-refractivity contribution in [1.82, 2.24) is 5.32 Å². The van der Waals surface area contributed by atoms with Crippen molar-refractivity contribution >= 4 is 11.9 Å². The molecule has 0 spiro atoms. The molecule has 5 heteroatoms. The lowest BCUT2D eigenvalue weighted by Crippen LogP contribution is -2.24. The van der Waals surface area contributed by atoms with Crippen molar-refractivity contribution in [3.05, 3.63) is 119 Å². The van der Waals surface area contributed by atoms with Gasteiger partial charge in [0.1, 0.15) is 0 Å². The van der Waals surface area contributed by atoms with Gasteiger partial charge in [-0.05, 0) is 48.2 Å². The molecule has 36 heavy (non-hydrogen) atoms. The van der Waals surface area contributed by atoms with E-state index in [2.05, 4.69) is 5.32 Å². The summed E-state index contributed by atoms with van der Waals surface area (Å²) < 4.78 is 0. The first-order valence-electron chi connectivity index (χ1n) is 11.6. The van der Waals surface area contributed by atoms with Crippen LogP contribution in [0.4, 0.5) is 0 Å². The lowest BCUT2D eigenvalue weighted by molar-refractivity contribution is 0.0697. The van der Waals surface area contributed by atoms with E-state index < -0.39 is 5.97 Å². The molecule has 4 aromatic rings. The van der Waals surface area contributed by atoms with E-state index in [1.807, 2.05) is 98.8 Å². The summed E-state index contributed by atoms with van der Waals surface area (Å²) in [6.07, 6.45) is 0.318. The predicted octanol–water partition coefficient (Wildman–Crippen LogP) is 6.67. The van der Waals surface area contributed by atoms with Crippen LogP contribution in [0.5, 0.6) is 0 Å². The molecule has 1 amide bonds. The fourth-order valence-electron chi connectivity index (χ4n) is 3.65. The van der Waals surface area contributed by atoms with Crippen LogP contribution < -0.4 is 5.32 Å². The summed E-state index contributed by atoms with van der Waals surface area (Å²) in [4.78, 5) is 23.2. The normalized spacial score (nSPS) is 9.92. The molecule has 0 fully saturated rings. The smallest absolute Gasteiger partial charge is 0.336 e. The zero-order valence-electron chi connectivity index (χ0n) is 20.4. The number of amides is 1. The molecular weight excluding hydrogens is 448 g/mol. The van der Waals surface area contributed by atoms with E-state index in [0.717, 1.165) is 27.8 Å². The number of hydrogen-bond acceptors (Lipinski definition) is 3. The number of aryl methyl sites for hydroxylation is 2. The number of nitrogens with zero attached hydrogens (tertiary/aromatic N) is 1. The topological polar surface area (TPSA) is 90.2 Å². The summed E-state index contributed by atoms with van der Waals surface area (Å²) in [7, 11) is 0. The maximum atomic E-state index is 12.2. The molecule has 5 nitrogen and oxygen atoms in total. The van der Waals surface area contributed by atoms with Crippen molar-refractivity contribution < 1.29 is 14.7 Å². The molecule has 0 atom stereocenters. The second kappa shape index (κ2) is 12.7. The third-order valence-electron chi connectivity index (χ3n) is 5.58. The Bertz CT molecular complexity index is 1370. The Kier molecular flexibility index (Phi) is 9.13. The van der Waals surface area contributed by atoms with Gasteiger partial charge in [-0.1, -0.05) is 96.1 Å². The van der Waals surface area contributed by atoms with E-state index >= 15 is 0 Å². The Labute approximate surface area is 211 Å². The number of hydrogen-bond donors (Lipinski definition) is 2. The Morgan fingerprint density at radius 1 is 0.722 bits per heavy atom. The largest absolute Gasteiger partial charge is 0.478 e. The average molecular weight is 477 g/mol. The molecule has 4 rings (SSSR count). The molecule has 0 aromatic heterocycles. The highest BCUT2D eigenvalue weighted by Crippen LogP contribution is 2.25. The second-order valence-corrected chi connectivity index (χ2v) is 8.29. The summed E-state index contributed by atoms with van der Waals surface area (Å²) in [5.41, 5.74) is 6.93. The number of benzene rings is 4. The molecule has 0 aliphatic rings. The highest BCUT2D eigenvalue weighted by Gasteiger charge is 2.12. The summed E-state index contributed by atoms with van der Waals surface area (Å²) >= 11 is 0. The van der Waals surface area contributed by atoms with Crippen LogP contribution in [0.15, 0.2) is 97.1 Å². The average Bonchev–Trinajstić information content (AvgIpc) is 2.90. The summed E-state index contributed by atoms with van der Waals surface area (Å²) in [6, 6.07) is 32.5. The molecule has 0 radical (unpaired) electrons. The maximum absolute atomic E-state index is 12.2. The van der Waals surface area contributed by atoms with Gasteiger partial charge < -0.3 is 10.4 Å². The number of nitriles is 1. The summed E-state index contributed by atoms with van der Waals surface area (Å²) in [5, 5.41) is 20.3. The molecule has 0 unspecified atom stereocenters. The number of rotatable bonds is 6. The molecule has 0 aliphatic carbocycles. The van der Waals surface area contributed by atoms with Crippen LogP contribution in [-0.2, 0) is 0 Å². The van der Waals surface area contributed by atoms with E-state index in [9.17, 15) is 9.59 Å². The lowest BCUT2D eigenvalue weighted by Gasteiger charge is -2.10. The molecule has 0 heterocycles. The zero-order chi connectivity index (χ0) is 25.9. The predicted molar refractivity (Wildman–Crippen MR) is 143 cm³/mol. The van der Waals surface area contributed by atoms with Crippen molar-refractivity contribution in [3.8, 4) is 28.3 Å². The molecule has 0 saturated heterocycles. The number of carbonyl (C=O) groups is 2. The minimum atomic E-state index is -0.892. The van der Waals surface area contributed by atoms with Gasteiger partial charge in [0.15, 0.2) is 0 Å². The second-order valence-electron chi connectivity index (χ2n) is 8.29. The van der Waals surface area contributed by atoms with Crippen LogP contribution in [0.2, 0.25) is 0 Å².